The smallest absolute Gasteiger partial charge is 0.220 e. The first kappa shape index (κ1) is 14.8. The van der Waals surface area contributed by atoms with Crippen LogP contribution in [-0.4, -0.2) is 37.1 Å². The predicted octanol–water partition coefficient (Wildman–Crippen LogP) is 1.39. The standard InChI is InChI=1S/C15H24N4O/c20-15(6-5-13-7-11-16-12-13)19-10-3-9-18-14-4-1-2-8-17-14/h1-2,4,8,13,16H,3,5-7,9-12H2,(H,17,18)(H,19,20). The van der Waals surface area contributed by atoms with Crippen LogP contribution in [0.1, 0.15) is 25.7 Å². The summed E-state index contributed by atoms with van der Waals surface area (Å²) in [6, 6.07) is 5.79. The van der Waals surface area contributed by atoms with Gasteiger partial charge in [-0.05, 0) is 50.4 Å². The molecular formula is C15H24N4O. The highest BCUT2D eigenvalue weighted by Crippen LogP contribution is 2.13. The van der Waals surface area contributed by atoms with Crippen molar-refractivity contribution in [1.82, 2.24) is 15.6 Å². The summed E-state index contributed by atoms with van der Waals surface area (Å²) in [4.78, 5) is 15.8. The van der Waals surface area contributed by atoms with Gasteiger partial charge in [0, 0.05) is 25.7 Å². The average molecular weight is 276 g/mol. The second-order valence-corrected chi connectivity index (χ2v) is 5.24. The van der Waals surface area contributed by atoms with E-state index in [4.69, 9.17) is 0 Å². The zero-order valence-corrected chi connectivity index (χ0v) is 11.9. The Labute approximate surface area is 120 Å². The molecule has 3 N–H and O–H groups in total. The number of hydrogen-bond acceptors (Lipinski definition) is 4. The lowest BCUT2D eigenvalue weighted by atomic mass is 10.0. The molecule has 1 unspecified atom stereocenters. The van der Waals surface area contributed by atoms with Crippen molar-refractivity contribution in [3.63, 3.8) is 0 Å². The van der Waals surface area contributed by atoms with Crippen LogP contribution in [0.5, 0.6) is 0 Å². The number of nitrogens with zero attached hydrogens (tertiary/aromatic N) is 1. The molecule has 110 valence electrons. The molecule has 1 atom stereocenters. The first-order chi connectivity index (χ1) is 9.84. The maximum atomic E-state index is 11.7. The largest absolute Gasteiger partial charge is 0.370 e. The first-order valence-corrected chi connectivity index (χ1v) is 7.47. The van der Waals surface area contributed by atoms with Crippen molar-refractivity contribution in [2.45, 2.75) is 25.7 Å². The van der Waals surface area contributed by atoms with Gasteiger partial charge < -0.3 is 16.0 Å². The zero-order chi connectivity index (χ0) is 14.0. The van der Waals surface area contributed by atoms with Crippen LogP contribution in [0.4, 0.5) is 5.82 Å². The molecule has 1 saturated heterocycles. The summed E-state index contributed by atoms with van der Waals surface area (Å²) in [6.45, 7) is 3.72. The number of pyridine rings is 1. The molecule has 5 nitrogen and oxygen atoms in total. The quantitative estimate of drug-likeness (QED) is 0.628. The fraction of sp³-hybridized carbons (Fsp3) is 0.600. The number of nitrogens with one attached hydrogen (secondary N) is 3. The van der Waals surface area contributed by atoms with Crippen LogP contribution in [0, 0.1) is 5.92 Å². The number of rotatable bonds is 8. The maximum absolute atomic E-state index is 11.7. The molecule has 0 bridgehead atoms. The molecule has 0 radical (unpaired) electrons. The minimum atomic E-state index is 0.176. The molecule has 1 aromatic rings. The molecule has 0 aromatic carbocycles. The van der Waals surface area contributed by atoms with Gasteiger partial charge in [-0.25, -0.2) is 4.98 Å². The van der Waals surface area contributed by atoms with Gasteiger partial charge in [0.15, 0.2) is 0 Å². The maximum Gasteiger partial charge on any atom is 0.220 e. The highest BCUT2D eigenvalue weighted by molar-refractivity contribution is 5.75. The Morgan fingerprint density at radius 2 is 2.35 bits per heavy atom. The molecule has 1 fully saturated rings. The molecule has 20 heavy (non-hydrogen) atoms. The summed E-state index contributed by atoms with van der Waals surface area (Å²) in [5.74, 6) is 1.74. The van der Waals surface area contributed by atoms with Gasteiger partial charge in [-0.3, -0.25) is 4.79 Å². The third-order valence-corrected chi connectivity index (χ3v) is 3.59. The van der Waals surface area contributed by atoms with Crippen molar-refractivity contribution >= 4 is 11.7 Å². The zero-order valence-electron chi connectivity index (χ0n) is 11.9. The summed E-state index contributed by atoms with van der Waals surface area (Å²) in [5.41, 5.74) is 0. The molecule has 5 heteroatoms. The van der Waals surface area contributed by atoms with Crippen LogP contribution in [0.25, 0.3) is 0 Å². The van der Waals surface area contributed by atoms with Crippen LogP contribution in [0.2, 0.25) is 0 Å². The molecular weight excluding hydrogens is 252 g/mol. The molecule has 1 aliphatic rings. The lowest BCUT2D eigenvalue weighted by molar-refractivity contribution is -0.121. The lowest BCUT2D eigenvalue weighted by Crippen LogP contribution is -2.26. The van der Waals surface area contributed by atoms with Gasteiger partial charge in [0.25, 0.3) is 0 Å². The Hall–Kier alpha value is -1.62. The third kappa shape index (κ3) is 5.57. The van der Waals surface area contributed by atoms with E-state index in [9.17, 15) is 4.79 Å². The van der Waals surface area contributed by atoms with Gasteiger partial charge in [0.2, 0.25) is 5.91 Å². The van der Waals surface area contributed by atoms with Crippen molar-refractivity contribution < 1.29 is 4.79 Å². The van der Waals surface area contributed by atoms with Crippen LogP contribution in [0.3, 0.4) is 0 Å². The molecule has 2 rings (SSSR count). The fourth-order valence-electron chi connectivity index (χ4n) is 2.38. The molecule has 1 aliphatic heterocycles. The van der Waals surface area contributed by atoms with E-state index >= 15 is 0 Å². The second kappa shape index (κ2) is 8.53. The number of amides is 1. The summed E-state index contributed by atoms with van der Waals surface area (Å²) in [5, 5.41) is 9.52. The summed E-state index contributed by atoms with van der Waals surface area (Å²) < 4.78 is 0. The van der Waals surface area contributed by atoms with Gasteiger partial charge in [-0.1, -0.05) is 6.07 Å². The van der Waals surface area contributed by atoms with E-state index in [0.29, 0.717) is 12.3 Å². The average Bonchev–Trinajstić information content (AvgIpc) is 2.99. The van der Waals surface area contributed by atoms with Crippen molar-refractivity contribution in [3.05, 3.63) is 24.4 Å². The van der Waals surface area contributed by atoms with E-state index in [-0.39, 0.29) is 5.91 Å². The van der Waals surface area contributed by atoms with Gasteiger partial charge >= 0.3 is 0 Å². The topological polar surface area (TPSA) is 66.1 Å². The molecule has 1 aromatic heterocycles. The van der Waals surface area contributed by atoms with Crippen molar-refractivity contribution in [2.75, 3.05) is 31.5 Å². The molecule has 0 spiro atoms. The van der Waals surface area contributed by atoms with E-state index in [1.165, 1.54) is 6.42 Å². The fourth-order valence-corrected chi connectivity index (χ4v) is 2.38. The van der Waals surface area contributed by atoms with E-state index in [1.54, 1.807) is 6.20 Å². The van der Waals surface area contributed by atoms with Crippen molar-refractivity contribution in [3.8, 4) is 0 Å². The highest BCUT2D eigenvalue weighted by atomic mass is 16.1. The Morgan fingerprint density at radius 1 is 1.40 bits per heavy atom. The molecule has 2 heterocycles. The summed E-state index contributed by atoms with van der Waals surface area (Å²) >= 11 is 0. The second-order valence-electron chi connectivity index (χ2n) is 5.24. The van der Waals surface area contributed by atoms with Gasteiger partial charge in [0.05, 0.1) is 0 Å². The summed E-state index contributed by atoms with van der Waals surface area (Å²) in [7, 11) is 0. The predicted molar refractivity (Wildman–Crippen MR) is 80.6 cm³/mol. The number of carbonyl (C=O) groups is 1. The van der Waals surface area contributed by atoms with E-state index in [1.807, 2.05) is 18.2 Å². The van der Waals surface area contributed by atoms with Crippen LogP contribution >= 0.6 is 0 Å². The Kier molecular flexibility index (Phi) is 6.31. The van der Waals surface area contributed by atoms with Gasteiger partial charge in [-0.15, -0.1) is 0 Å². The monoisotopic (exact) mass is 276 g/mol. The molecule has 1 amide bonds. The van der Waals surface area contributed by atoms with Gasteiger partial charge in [0.1, 0.15) is 5.82 Å². The third-order valence-electron chi connectivity index (χ3n) is 3.59. The minimum absolute atomic E-state index is 0.176. The van der Waals surface area contributed by atoms with E-state index in [0.717, 1.165) is 44.8 Å². The Balaban J connectivity index is 1.47. The van der Waals surface area contributed by atoms with Crippen molar-refractivity contribution in [2.24, 2.45) is 5.92 Å². The number of carbonyl (C=O) groups excluding carboxylic acids is 1. The van der Waals surface area contributed by atoms with E-state index in [2.05, 4.69) is 20.9 Å². The first-order valence-electron chi connectivity index (χ1n) is 7.47. The molecule has 0 saturated carbocycles. The van der Waals surface area contributed by atoms with E-state index < -0.39 is 0 Å². The molecule has 0 aliphatic carbocycles. The lowest BCUT2D eigenvalue weighted by Gasteiger charge is -2.09. The Bertz CT molecular complexity index is 390. The van der Waals surface area contributed by atoms with Gasteiger partial charge in [-0.2, -0.15) is 0 Å². The van der Waals surface area contributed by atoms with Crippen LogP contribution in [-0.2, 0) is 4.79 Å². The normalized spacial score (nSPS) is 17.9. The highest BCUT2D eigenvalue weighted by Gasteiger charge is 2.15. The van der Waals surface area contributed by atoms with Crippen molar-refractivity contribution in [1.29, 1.82) is 0 Å². The SMILES string of the molecule is O=C(CCC1CCNC1)NCCCNc1ccccn1. The van der Waals surface area contributed by atoms with Crippen LogP contribution in [0.15, 0.2) is 24.4 Å². The Morgan fingerprint density at radius 3 is 3.10 bits per heavy atom. The summed E-state index contributed by atoms with van der Waals surface area (Å²) in [6.07, 6.45) is 5.54. The number of anilines is 1. The number of aromatic nitrogens is 1. The van der Waals surface area contributed by atoms with Crippen LogP contribution < -0.4 is 16.0 Å². The minimum Gasteiger partial charge on any atom is -0.370 e. The number of hydrogen-bond donors (Lipinski definition) is 3.